The van der Waals surface area contributed by atoms with Crippen molar-refractivity contribution >= 4 is 5.91 Å². The Morgan fingerprint density at radius 1 is 1.50 bits per heavy atom. The highest BCUT2D eigenvalue weighted by Gasteiger charge is 2.24. The molecule has 1 heterocycles. The lowest BCUT2D eigenvalue weighted by Gasteiger charge is -2.36. The highest BCUT2D eigenvalue weighted by molar-refractivity contribution is 5.94. The number of β-amino-alcohol motifs (C(OH)–C–C–N with tert-alkyl or cyclic N) is 1. The van der Waals surface area contributed by atoms with Gasteiger partial charge in [-0.05, 0) is 57.0 Å². The van der Waals surface area contributed by atoms with Gasteiger partial charge in [0.25, 0.3) is 5.91 Å². The number of halogens is 1. The van der Waals surface area contributed by atoms with Gasteiger partial charge in [-0.1, -0.05) is 0 Å². The highest BCUT2D eigenvalue weighted by atomic mass is 19.1. The summed E-state index contributed by atoms with van der Waals surface area (Å²) >= 11 is 0. The minimum Gasteiger partial charge on any atom is -0.390 e. The van der Waals surface area contributed by atoms with Crippen molar-refractivity contribution in [1.82, 2.24) is 9.80 Å². The van der Waals surface area contributed by atoms with Crippen molar-refractivity contribution in [3.05, 3.63) is 35.1 Å². The molecule has 1 N–H and O–H groups in total. The normalized spacial score (nSPS) is 17.1. The zero-order chi connectivity index (χ0) is 16.3. The van der Waals surface area contributed by atoms with Crippen LogP contribution in [0.15, 0.2) is 18.2 Å². The van der Waals surface area contributed by atoms with Crippen LogP contribution in [-0.2, 0) is 0 Å². The van der Waals surface area contributed by atoms with Crippen LogP contribution in [0.2, 0.25) is 0 Å². The maximum atomic E-state index is 13.3. The molecule has 2 rings (SSSR count). The summed E-state index contributed by atoms with van der Waals surface area (Å²) in [7, 11) is 1.79. The third-order valence-corrected chi connectivity index (χ3v) is 4.42. The van der Waals surface area contributed by atoms with Crippen LogP contribution in [0.5, 0.6) is 0 Å². The van der Waals surface area contributed by atoms with E-state index in [1.807, 2.05) is 6.92 Å². The first kappa shape index (κ1) is 16.9. The van der Waals surface area contributed by atoms with Gasteiger partial charge in [-0.15, -0.1) is 0 Å². The average Bonchev–Trinajstić information content (AvgIpc) is 2.46. The van der Waals surface area contributed by atoms with E-state index in [-0.39, 0.29) is 23.9 Å². The van der Waals surface area contributed by atoms with E-state index >= 15 is 0 Å². The van der Waals surface area contributed by atoms with Crippen LogP contribution in [0.25, 0.3) is 0 Å². The van der Waals surface area contributed by atoms with Crippen LogP contribution >= 0.6 is 0 Å². The Kier molecular flexibility index (Phi) is 5.53. The van der Waals surface area contributed by atoms with Crippen molar-refractivity contribution in [3.8, 4) is 0 Å². The molecule has 0 radical (unpaired) electrons. The second-order valence-corrected chi connectivity index (χ2v) is 6.28. The molecule has 1 aliphatic rings. The van der Waals surface area contributed by atoms with E-state index < -0.39 is 0 Å². The molecule has 1 aliphatic heterocycles. The second-order valence-electron chi connectivity index (χ2n) is 6.28. The smallest absolute Gasteiger partial charge is 0.253 e. The Bertz CT molecular complexity index is 529. The van der Waals surface area contributed by atoms with E-state index in [0.717, 1.165) is 32.5 Å². The number of hydrogen-bond acceptors (Lipinski definition) is 3. The maximum absolute atomic E-state index is 13.3. The lowest BCUT2D eigenvalue weighted by atomic mass is 10.1. The number of aryl methyl sites for hydroxylation is 1. The molecular formula is C17H25FN2O2. The van der Waals surface area contributed by atoms with Gasteiger partial charge in [0.15, 0.2) is 0 Å². The van der Waals surface area contributed by atoms with Gasteiger partial charge >= 0.3 is 0 Å². The minimum atomic E-state index is -0.288. The molecule has 1 atom stereocenters. The van der Waals surface area contributed by atoms with Crippen LogP contribution in [0.1, 0.15) is 35.7 Å². The van der Waals surface area contributed by atoms with Crippen molar-refractivity contribution in [1.29, 1.82) is 0 Å². The Hall–Kier alpha value is -1.46. The number of aliphatic hydroxyl groups is 1. The summed E-state index contributed by atoms with van der Waals surface area (Å²) in [5, 5.41) is 9.23. The molecule has 0 saturated carbocycles. The quantitative estimate of drug-likeness (QED) is 0.875. The van der Waals surface area contributed by atoms with Crippen LogP contribution in [-0.4, -0.2) is 59.6 Å². The number of amides is 1. The first-order chi connectivity index (χ1) is 10.4. The lowest BCUT2D eigenvalue weighted by molar-refractivity contribution is 0.000800. The molecule has 1 aromatic carbocycles. The van der Waals surface area contributed by atoms with Gasteiger partial charge in [-0.2, -0.15) is 0 Å². The Labute approximate surface area is 131 Å². The van der Waals surface area contributed by atoms with Crippen molar-refractivity contribution < 1.29 is 14.3 Å². The van der Waals surface area contributed by atoms with Gasteiger partial charge in [0, 0.05) is 31.7 Å². The molecule has 122 valence electrons. The summed E-state index contributed by atoms with van der Waals surface area (Å²) in [6.07, 6.45) is 1.74. The molecule has 0 spiro atoms. The zero-order valence-corrected chi connectivity index (χ0v) is 13.6. The molecule has 1 unspecified atom stereocenters. The van der Waals surface area contributed by atoms with E-state index in [1.54, 1.807) is 24.9 Å². The number of hydrogen-bond donors (Lipinski definition) is 1. The number of carbonyl (C=O) groups excluding carboxylic acids is 1. The number of carbonyl (C=O) groups is 1. The average molecular weight is 308 g/mol. The van der Waals surface area contributed by atoms with Crippen molar-refractivity contribution in [2.75, 3.05) is 26.7 Å². The predicted molar refractivity (Wildman–Crippen MR) is 84.4 cm³/mol. The van der Waals surface area contributed by atoms with Gasteiger partial charge in [-0.3, -0.25) is 9.69 Å². The topological polar surface area (TPSA) is 43.8 Å². The summed E-state index contributed by atoms with van der Waals surface area (Å²) in [6.45, 7) is 6.17. The van der Waals surface area contributed by atoms with Crippen molar-refractivity contribution in [2.45, 2.75) is 38.8 Å². The second kappa shape index (κ2) is 7.20. The molecule has 5 heteroatoms. The SMILES string of the molecule is Cc1cc(C(=O)N(C)C(C)CCCN2CC(O)C2)ccc1F. The Morgan fingerprint density at radius 2 is 2.18 bits per heavy atom. The molecule has 1 fully saturated rings. The van der Waals surface area contributed by atoms with E-state index in [2.05, 4.69) is 4.90 Å². The Morgan fingerprint density at radius 3 is 2.77 bits per heavy atom. The largest absolute Gasteiger partial charge is 0.390 e. The summed E-state index contributed by atoms with van der Waals surface area (Å²) < 4.78 is 13.3. The van der Waals surface area contributed by atoms with Crippen LogP contribution < -0.4 is 0 Å². The van der Waals surface area contributed by atoms with Crippen LogP contribution in [0.4, 0.5) is 4.39 Å². The molecule has 1 amide bonds. The van der Waals surface area contributed by atoms with Gasteiger partial charge < -0.3 is 10.0 Å². The molecule has 22 heavy (non-hydrogen) atoms. The summed E-state index contributed by atoms with van der Waals surface area (Å²) in [5.41, 5.74) is 1.02. The molecule has 1 aromatic rings. The molecule has 4 nitrogen and oxygen atoms in total. The van der Waals surface area contributed by atoms with Crippen molar-refractivity contribution in [2.24, 2.45) is 0 Å². The zero-order valence-electron chi connectivity index (χ0n) is 13.6. The van der Waals surface area contributed by atoms with E-state index in [4.69, 9.17) is 0 Å². The molecule has 1 saturated heterocycles. The molecule has 0 bridgehead atoms. The fourth-order valence-electron chi connectivity index (χ4n) is 2.71. The number of rotatable bonds is 6. The van der Waals surface area contributed by atoms with Crippen LogP contribution in [0, 0.1) is 12.7 Å². The van der Waals surface area contributed by atoms with Gasteiger partial charge in [0.05, 0.1) is 6.10 Å². The molecular weight excluding hydrogens is 283 g/mol. The number of aliphatic hydroxyl groups excluding tert-OH is 1. The van der Waals surface area contributed by atoms with E-state index in [0.29, 0.717) is 11.1 Å². The van der Waals surface area contributed by atoms with Gasteiger partial charge in [0.2, 0.25) is 0 Å². The van der Waals surface area contributed by atoms with Gasteiger partial charge in [0.1, 0.15) is 5.82 Å². The first-order valence-electron chi connectivity index (χ1n) is 7.82. The maximum Gasteiger partial charge on any atom is 0.253 e. The standard InChI is InChI=1S/C17H25FN2O2/c1-12-9-14(6-7-16(12)18)17(22)19(3)13(2)5-4-8-20-10-15(21)11-20/h6-7,9,13,15,21H,4-5,8,10-11H2,1-3H3. The third-order valence-electron chi connectivity index (χ3n) is 4.42. The lowest BCUT2D eigenvalue weighted by Crippen LogP contribution is -2.50. The number of benzene rings is 1. The van der Waals surface area contributed by atoms with Gasteiger partial charge in [-0.25, -0.2) is 4.39 Å². The first-order valence-corrected chi connectivity index (χ1v) is 7.82. The number of likely N-dealkylation sites (tertiary alicyclic amines) is 1. The summed E-state index contributed by atoms with van der Waals surface area (Å²) in [4.78, 5) is 16.3. The number of nitrogens with zero attached hydrogens (tertiary/aromatic N) is 2. The molecule has 0 aliphatic carbocycles. The van der Waals surface area contributed by atoms with Crippen LogP contribution in [0.3, 0.4) is 0 Å². The Balaban J connectivity index is 1.82. The van der Waals surface area contributed by atoms with E-state index in [1.165, 1.54) is 12.1 Å². The highest BCUT2D eigenvalue weighted by Crippen LogP contribution is 2.15. The molecule has 0 aromatic heterocycles. The summed E-state index contributed by atoms with van der Waals surface area (Å²) in [5.74, 6) is -0.362. The predicted octanol–water partition coefficient (Wildman–Crippen LogP) is 2.05. The van der Waals surface area contributed by atoms with Crippen molar-refractivity contribution in [3.63, 3.8) is 0 Å². The monoisotopic (exact) mass is 308 g/mol. The third kappa shape index (κ3) is 4.05. The fraction of sp³-hybridized carbons (Fsp3) is 0.588. The summed E-state index contributed by atoms with van der Waals surface area (Å²) in [6, 6.07) is 4.61. The fourth-order valence-corrected chi connectivity index (χ4v) is 2.71. The van der Waals surface area contributed by atoms with E-state index in [9.17, 15) is 14.3 Å². The minimum absolute atomic E-state index is 0.0741.